The highest BCUT2D eigenvalue weighted by molar-refractivity contribution is 5.42. The fourth-order valence-electron chi connectivity index (χ4n) is 4.80. The number of likely N-dealkylation sites (tertiary alicyclic amines) is 1. The quantitative estimate of drug-likeness (QED) is 0.657. The highest BCUT2D eigenvalue weighted by Gasteiger charge is 2.35. The summed E-state index contributed by atoms with van der Waals surface area (Å²) in [7, 11) is 0. The number of piperidine rings is 1. The van der Waals surface area contributed by atoms with Crippen molar-refractivity contribution in [3.8, 4) is 5.69 Å². The lowest BCUT2D eigenvalue weighted by molar-refractivity contribution is 0.0288. The molecule has 2 aromatic carbocycles. The third-order valence-electron chi connectivity index (χ3n) is 6.17. The predicted octanol–water partition coefficient (Wildman–Crippen LogP) is 4.45. The number of rotatable bonds is 6. The lowest BCUT2D eigenvalue weighted by atomic mass is 9.75. The van der Waals surface area contributed by atoms with Gasteiger partial charge in [0.05, 0.1) is 18.0 Å². The zero-order chi connectivity index (χ0) is 21.1. The Morgan fingerprint density at radius 3 is 2.60 bits per heavy atom. The summed E-state index contributed by atoms with van der Waals surface area (Å²) < 4.78 is 16.0. The van der Waals surface area contributed by atoms with Gasteiger partial charge in [-0.25, -0.2) is 9.07 Å². The van der Waals surface area contributed by atoms with Crippen LogP contribution in [-0.4, -0.2) is 39.5 Å². The molecule has 0 unspecified atom stereocenters. The molecule has 0 spiro atoms. The van der Waals surface area contributed by atoms with E-state index in [0.717, 1.165) is 55.0 Å². The van der Waals surface area contributed by atoms with Crippen molar-refractivity contribution in [2.75, 3.05) is 19.7 Å². The largest absolute Gasteiger partial charge is 0.396 e. The zero-order valence-electron chi connectivity index (χ0n) is 17.8. The summed E-state index contributed by atoms with van der Waals surface area (Å²) >= 11 is 0. The fourth-order valence-corrected chi connectivity index (χ4v) is 4.80. The molecule has 1 aromatic heterocycles. The summed E-state index contributed by atoms with van der Waals surface area (Å²) in [6.45, 7) is 6.53. The molecule has 1 aliphatic rings. The maximum Gasteiger partial charge on any atom is 0.123 e. The molecule has 4 rings (SSSR count). The molecule has 1 aliphatic heterocycles. The molecule has 1 N–H and O–H groups in total. The number of nitrogens with zero attached hydrogens (tertiary/aromatic N) is 3. The van der Waals surface area contributed by atoms with Crippen molar-refractivity contribution in [1.29, 1.82) is 0 Å². The van der Waals surface area contributed by atoms with Crippen molar-refractivity contribution >= 4 is 0 Å². The Morgan fingerprint density at radius 2 is 1.90 bits per heavy atom. The van der Waals surface area contributed by atoms with Crippen LogP contribution in [0.3, 0.4) is 0 Å². The first-order valence-electron chi connectivity index (χ1n) is 10.7. The molecule has 30 heavy (non-hydrogen) atoms. The van der Waals surface area contributed by atoms with Gasteiger partial charge in [0.1, 0.15) is 5.82 Å². The van der Waals surface area contributed by atoms with Gasteiger partial charge in [-0.05, 0) is 75.0 Å². The standard InChI is InChI=1S/C25H30FN3O/c1-19-13-20(2)29(27-19)24-10-9-23(26)14-22(24)16-28-12-6-11-25(17-28,18-30)15-21-7-4-3-5-8-21/h3-5,7-10,13-14,30H,6,11-12,15-18H2,1-2H3/t25-/m1/s1. The summed E-state index contributed by atoms with van der Waals surface area (Å²) in [5.74, 6) is -0.231. The molecule has 3 aromatic rings. The highest BCUT2D eigenvalue weighted by atomic mass is 19.1. The molecule has 1 atom stereocenters. The number of aryl methyl sites for hydroxylation is 2. The summed E-state index contributed by atoms with van der Waals surface area (Å²) in [5.41, 5.74) is 4.92. The van der Waals surface area contributed by atoms with Crippen LogP contribution in [0.1, 0.15) is 35.4 Å². The summed E-state index contributed by atoms with van der Waals surface area (Å²) in [6.07, 6.45) is 2.88. The Balaban J connectivity index is 1.58. The Hall–Kier alpha value is -2.50. The van der Waals surface area contributed by atoms with E-state index in [1.807, 2.05) is 36.7 Å². The molecule has 0 radical (unpaired) electrons. The van der Waals surface area contributed by atoms with E-state index in [1.54, 1.807) is 6.07 Å². The number of benzene rings is 2. The molecule has 5 heteroatoms. The van der Waals surface area contributed by atoms with Gasteiger partial charge in [0.15, 0.2) is 0 Å². The van der Waals surface area contributed by atoms with E-state index in [2.05, 4.69) is 34.3 Å². The Labute approximate surface area is 178 Å². The predicted molar refractivity (Wildman–Crippen MR) is 117 cm³/mol. The van der Waals surface area contributed by atoms with Crippen molar-refractivity contribution in [3.63, 3.8) is 0 Å². The SMILES string of the molecule is Cc1cc(C)n(-c2ccc(F)cc2CN2CCC[C@@](CO)(Cc3ccccc3)C2)n1. The molecular weight excluding hydrogens is 377 g/mol. The molecule has 0 amide bonds. The number of halogens is 1. The van der Waals surface area contributed by atoms with E-state index in [0.29, 0.717) is 6.54 Å². The van der Waals surface area contributed by atoms with Crippen LogP contribution in [-0.2, 0) is 13.0 Å². The zero-order valence-corrected chi connectivity index (χ0v) is 17.8. The van der Waals surface area contributed by atoms with Crippen molar-refractivity contribution in [2.24, 2.45) is 5.41 Å². The number of aromatic nitrogens is 2. The third kappa shape index (κ3) is 4.47. The second kappa shape index (κ2) is 8.70. The fraction of sp³-hybridized carbons (Fsp3) is 0.400. The monoisotopic (exact) mass is 407 g/mol. The smallest absolute Gasteiger partial charge is 0.123 e. The Morgan fingerprint density at radius 1 is 1.10 bits per heavy atom. The maximum absolute atomic E-state index is 14.1. The van der Waals surface area contributed by atoms with Crippen LogP contribution in [0.25, 0.3) is 5.69 Å². The molecule has 1 saturated heterocycles. The van der Waals surface area contributed by atoms with Gasteiger partial charge in [0.25, 0.3) is 0 Å². The van der Waals surface area contributed by atoms with Gasteiger partial charge in [-0.1, -0.05) is 30.3 Å². The van der Waals surface area contributed by atoms with Gasteiger partial charge in [0.2, 0.25) is 0 Å². The number of hydrogen-bond acceptors (Lipinski definition) is 3. The van der Waals surface area contributed by atoms with E-state index >= 15 is 0 Å². The van der Waals surface area contributed by atoms with Crippen molar-refractivity contribution in [1.82, 2.24) is 14.7 Å². The van der Waals surface area contributed by atoms with Crippen LogP contribution >= 0.6 is 0 Å². The van der Waals surface area contributed by atoms with E-state index < -0.39 is 0 Å². The summed E-state index contributed by atoms with van der Waals surface area (Å²) in [5, 5.41) is 14.9. The van der Waals surface area contributed by atoms with Crippen LogP contribution in [0.5, 0.6) is 0 Å². The van der Waals surface area contributed by atoms with Crippen LogP contribution in [0.15, 0.2) is 54.6 Å². The first-order chi connectivity index (χ1) is 14.5. The van der Waals surface area contributed by atoms with Gasteiger partial charge in [-0.15, -0.1) is 0 Å². The topological polar surface area (TPSA) is 41.3 Å². The van der Waals surface area contributed by atoms with Gasteiger partial charge < -0.3 is 5.11 Å². The highest BCUT2D eigenvalue weighted by Crippen LogP contribution is 2.34. The second-order valence-corrected chi connectivity index (χ2v) is 8.75. The summed E-state index contributed by atoms with van der Waals surface area (Å²) in [6, 6.07) is 17.3. The first kappa shape index (κ1) is 20.8. The van der Waals surface area contributed by atoms with Gasteiger partial charge in [-0.2, -0.15) is 5.10 Å². The minimum Gasteiger partial charge on any atom is -0.396 e. The van der Waals surface area contributed by atoms with E-state index in [1.165, 1.54) is 11.6 Å². The lowest BCUT2D eigenvalue weighted by Crippen LogP contribution is -2.46. The Bertz CT molecular complexity index is 1000. The molecule has 0 saturated carbocycles. The summed E-state index contributed by atoms with van der Waals surface area (Å²) in [4.78, 5) is 2.35. The van der Waals surface area contributed by atoms with Crippen molar-refractivity contribution in [2.45, 2.75) is 39.7 Å². The third-order valence-corrected chi connectivity index (χ3v) is 6.17. The van der Waals surface area contributed by atoms with Crippen LogP contribution in [0.2, 0.25) is 0 Å². The molecule has 0 bridgehead atoms. The van der Waals surface area contributed by atoms with Crippen molar-refractivity contribution in [3.05, 3.63) is 82.9 Å². The number of hydrogen-bond donors (Lipinski definition) is 1. The lowest BCUT2D eigenvalue weighted by Gasteiger charge is -2.42. The van der Waals surface area contributed by atoms with E-state index in [4.69, 9.17) is 0 Å². The van der Waals surface area contributed by atoms with Gasteiger partial charge in [-0.3, -0.25) is 4.90 Å². The number of aliphatic hydroxyl groups is 1. The minimum atomic E-state index is -0.231. The van der Waals surface area contributed by atoms with Crippen molar-refractivity contribution < 1.29 is 9.50 Å². The van der Waals surface area contributed by atoms with E-state index in [-0.39, 0.29) is 17.8 Å². The van der Waals surface area contributed by atoms with Gasteiger partial charge in [0, 0.05) is 24.2 Å². The van der Waals surface area contributed by atoms with Crippen LogP contribution in [0, 0.1) is 25.1 Å². The van der Waals surface area contributed by atoms with Crippen LogP contribution < -0.4 is 0 Å². The first-order valence-corrected chi connectivity index (χ1v) is 10.7. The molecular formula is C25H30FN3O. The van der Waals surface area contributed by atoms with E-state index in [9.17, 15) is 9.50 Å². The second-order valence-electron chi connectivity index (χ2n) is 8.75. The molecule has 0 aliphatic carbocycles. The molecule has 158 valence electrons. The van der Waals surface area contributed by atoms with Gasteiger partial charge >= 0.3 is 0 Å². The normalized spacial score (nSPS) is 19.9. The maximum atomic E-state index is 14.1. The molecule has 1 fully saturated rings. The molecule has 2 heterocycles. The average molecular weight is 408 g/mol. The molecule has 4 nitrogen and oxygen atoms in total. The average Bonchev–Trinajstić information content (AvgIpc) is 3.07. The Kier molecular flexibility index (Phi) is 6.02. The minimum absolute atomic E-state index is 0.159. The number of aliphatic hydroxyl groups excluding tert-OH is 1. The van der Waals surface area contributed by atoms with Crippen LogP contribution in [0.4, 0.5) is 4.39 Å².